The summed E-state index contributed by atoms with van der Waals surface area (Å²) in [6, 6.07) is 10.1. The third kappa shape index (κ3) is 6.10. The highest BCUT2D eigenvalue weighted by atomic mass is 19.4. The topological polar surface area (TPSA) is 12.0 Å². The van der Waals surface area contributed by atoms with Crippen LogP contribution in [0.5, 0.6) is 0 Å². The Balaban J connectivity index is 2.45. The second-order valence-electron chi connectivity index (χ2n) is 5.67. The molecule has 0 radical (unpaired) electrons. The Morgan fingerprint density at radius 1 is 1.11 bits per heavy atom. The highest BCUT2D eigenvalue weighted by Gasteiger charge is 2.27. The van der Waals surface area contributed by atoms with Gasteiger partial charge in [-0.15, -0.1) is 0 Å². The Kier molecular flexibility index (Phi) is 5.41. The fraction of sp³-hybridized carbons (Fsp3) is 0.600. The summed E-state index contributed by atoms with van der Waals surface area (Å²) in [4.78, 5) is 0. The molecule has 1 rings (SSSR count). The average Bonchev–Trinajstić information content (AvgIpc) is 2.27. The minimum Gasteiger partial charge on any atom is -0.314 e. The van der Waals surface area contributed by atoms with Crippen molar-refractivity contribution in [3.63, 3.8) is 0 Å². The summed E-state index contributed by atoms with van der Waals surface area (Å²) in [6.45, 7) is 6.14. The van der Waals surface area contributed by atoms with Gasteiger partial charge in [0, 0.05) is 12.6 Å². The molecule has 0 saturated heterocycles. The van der Waals surface area contributed by atoms with E-state index in [-0.39, 0.29) is 18.0 Å². The lowest BCUT2D eigenvalue weighted by atomic mass is 9.79. The van der Waals surface area contributed by atoms with Gasteiger partial charge in [-0.1, -0.05) is 44.2 Å². The first-order chi connectivity index (χ1) is 8.71. The number of halogens is 3. The smallest absolute Gasteiger partial charge is 0.314 e. The van der Waals surface area contributed by atoms with Crippen molar-refractivity contribution < 1.29 is 13.2 Å². The molecule has 1 aromatic carbocycles. The molecule has 0 spiro atoms. The molecule has 0 bridgehead atoms. The third-order valence-electron chi connectivity index (χ3n) is 3.27. The van der Waals surface area contributed by atoms with Gasteiger partial charge in [-0.25, -0.2) is 0 Å². The molecule has 0 heterocycles. The molecule has 0 amide bonds. The molecule has 1 unspecified atom stereocenters. The Morgan fingerprint density at radius 2 is 1.68 bits per heavy atom. The van der Waals surface area contributed by atoms with Crippen LogP contribution in [0.25, 0.3) is 0 Å². The van der Waals surface area contributed by atoms with Gasteiger partial charge in [-0.2, -0.15) is 13.2 Å². The van der Waals surface area contributed by atoms with E-state index < -0.39 is 12.6 Å². The number of hydrogen-bond donors (Lipinski definition) is 1. The molecule has 1 nitrogen and oxygen atoms in total. The van der Waals surface area contributed by atoms with Gasteiger partial charge >= 0.3 is 6.18 Å². The van der Waals surface area contributed by atoms with Crippen LogP contribution in [-0.2, 0) is 5.41 Å². The summed E-state index contributed by atoms with van der Waals surface area (Å²) in [5.74, 6) is 0. The van der Waals surface area contributed by atoms with Crippen LogP contribution in [0.4, 0.5) is 13.2 Å². The lowest BCUT2D eigenvalue weighted by molar-refractivity contribution is -0.133. The van der Waals surface area contributed by atoms with Crippen molar-refractivity contribution in [2.45, 2.75) is 51.2 Å². The van der Waals surface area contributed by atoms with E-state index in [1.807, 2.05) is 25.1 Å². The predicted octanol–water partition coefficient (Wildman–Crippen LogP) is 4.28. The number of hydrogen-bond acceptors (Lipinski definition) is 1. The van der Waals surface area contributed by atoms with E-state index in [0.29, 0.717) is 0 Å². The summed E-state index contributed by atoms with van der Waals surface area (Å²) in [5.41, 5.74) is 1.16. The Hall–Kier alpha value is -1.03. The zero-order valence-corrected chi connectivity index (χ0v) is 11.7. The molecule has 0 aromatic heterocycles. The average molecular weight is 273 g/mol. The lowest BCUT2D eigenvalue weighted by Crippen LogP contribution is -2.35. The molecule has 0 aliphatic carbocycles. The fourth-order valence-corrected chi connectivity index (χ4v) is 2.31. The zero-order valence-electron chi connectivity index (χ0n) is 11.7. The SMILES string of the molecule is CC(CC(C)(C)c1ccccc1)NCCC(F)(F)F. The molecular formula is C15H22F3N. The van der Waals surface area contributed by atoms with Gasteiger partial charge in [-0.3, -0.25) is 0 Å². The Bertz CT molecular complexity index is 371. The third-order valence-corrected chi connectivity index (χ3v) is 3.27. The zero-order chi connectivity index (χ0) is 14.5. The van der Waals surface area contributed by atoms with E-state index in [9.17, 15) is 13.2 Å². The largest absolute Gasteiger partial charge is 0.390 e. The standard InChI is InChI=1S/C15H22F3N/c1-12(19-10-9-15(16,17)18)11-14(2,3)13-7-5-4-6-8-13/h4-8,12,19H,9-11H2,1-3H3. The van der Waals surface area contributed by atoms with Crippen LogP contribution in [0, 0.1) is 0 Å². The minimum atomic E-state index is -4.08. The lowest BCUT2D eigenvalue weighted by Gasteiger charge is -2.29. The van der Waals surface area contributed by atoms with Crippen molar-refractivity contribution in [2.24, 2.45) is 0 Å². The molecule has 108 valence electrons. The molecule has 0 saturated carbocycles. The summed E-state index contributed by atoms with van der Waals surface area (Å²) in [7, 11) is 0. The van der Waals surface area contributed by atoms with Crippen LogP contribution < -0.4 is 5.32 Å². The van der Waals surface area contributed by atoms with E-state index in [1.54, 1.807) is 0 Å². The quantitative estimate of drug-likeness (QED) is 0.815. The summed E-state index contributed by atoms with van der Waals surface area (Å²) in [6.07, 6.45) is -4.06. The van der Waals surface area contributed by atoms with Crippen molar-refractivity contribution in [1.29, 1.82) is 0 Å². The maximum Gasteiger partial charge on any atom is 0.390 e. The highest BCUT2D eigenvalue weighted by molar-refractivity contribution is 5.23. The highest BCUT2D eigenvalue weighted by Crippen LogP contribution is 2.28. The Labute approximate surface area is 113 Å². The van der Waals surface area contributed by atoms with Crippen molar-refractivity contribution in [3.8, 4) is 0 Å². The number of rotatable bonds is 6. The molecule has 1 N–H and O–H groups in total. The summed E-state index contributed by atoms with van der Waals surface area (Å²) >= 11 is 0. The van der Waals surface area contributed by atoms with Gasteiger partial charge in [0.25, 0.3) is 0 Å². The second-order valence-corrected chi connectivity index (χ2v) is 5.67. The fourth-order valence-electron chi connectivity index (χ4n) is 2.31. The first kappa shape index (κ1) is 16.0. The molecule has 0 aliphatic heterocycles. The summed E-state index contributed by atoms with van der Waals surface area (Å²) in [5, 5.41) is 2.95. The normalized spacial score (nSPS) is 14.4. The molecular weight excluding hydrogens is 251 g/mol. The van der Waals surface area contributed by atoms with Crippen molar-refractivity contribution >= 4 is 0 Å². The van der Waals surface area contributed by atoms with Gasteiger partial charge in [0.05, 0.1) is 6.42 Å². The van der Waals surface area contributed by atoms with Crippen LogP contribution in [0.1, 0.15) is 39.2 Å². The van der Waals surface area contributed by atoms with Crippen LogP contribution in [0.3, 0.4) is 0 Å². The first-order valence-electron chi connectivity index (χ1n) is 6.56. The van der Waals surface area contributed by atoms with Gasteiger partial charge in [0.2, 0.25) is 0 Å². The van der Waals surface area contributed by atoms with E-state index >= 15 is 0 Å². The van der Waals surface area contributed by atoms with E-state index in [2.05, 4.69) is 31.3 Å². The number of benzene rings is 1. The first-order valence-corrected chi connectivity index (χ1v) is 6.56. The second kappa shape index (κ2) is 6.42. The molecule has 1 atom stereocenters. The van der Waals surface area contributed by atoms with E-state index in [4.69, 9.17) is 0 Å². The Morgan fingerprint density at radius 3 is 2.21 bits per heavy atom. The van der Waals surface area contributed by atoms with Crippen molar-refractivity contribution in [3.05, 3.63) is 35.9 Å². The summed E-state index contributed by atoms with van der Waals surface area (Å²) < 4.78 is 36.2. The van der Waals surface area contributed by atoms with Crippen molar-refractivity contribution in [1.82, 2.24) is 5.32 Å². The maximum atomic E-state index is 12.1. The molecule has 19 heavy (non-hydrogen) atoms. The molecule has 1 aromatic rings. The molecule has 4 heteroatoms. The monoisotopic (exact) mass is 273 g/mol. The predicted molar refractivity (Wildman–Crippen MR) is 72.2 cm³/mol. The van der Waals surface area contributed by atoms with Gasteiger partial charge in [-0.05, 0) is 24.3 Å². The van der Waals surface area contributed by atoms with Crippen LogP contribution in [0.2, 0.25) is 0 Å². The number of nitrogens with one attached hydrogen (secondary N) is 1. The van der Waals surface area contributed by atoms with Crippen LogP contribution in [-0.4, -0.2) is 18.8 Å². The van der Waals surface area contributed by atoms with Gasteiger partial charge < -0.3 is 5.32 Å². The van der Waals surface area contributed by atoms with Gasteiger partial charge in [0.1, 0.15) is 0 Å². The number of alkyl halides is 3. The maximum absolute atomic E-state index is 12.1. The van der Waals surface area contributed by atoms with Crippen LogP contribution in [0.15, 0.2) is 30.3 Å². The van der Waals surface area contributed by atoms with E-state index in [0.717, 1.165) is 6.42 Å². The van der Waals surface area contributed by atoms with Crippen LogP contribution >= 0.6 is 0 Å². The minimum absolute atomic E-state index is 0.0183. The van der Waals surface area contributed by atoms with Gasteiger partial charge in [0.15, 0.2) is 0 Å². The molecule has 0 fully saturated rings. The van der Waals surface area contributed by atoms with E-state index in [1.165, 1.54) is 5.56 Å². The molecule has 0 aliphatic rings. The van der Waals surface area contributed by atoms with Crippen molar-refractivity contribution in [2.75, 3.05) is 6.54 Å².